The normalized spacial score (nSPS) is 11.4. The van der Waals surface area contributed by atoms with Gasteiger partial charge in [0.15, 0.2) is 5.69 Å². The summed E-state index contributed by atoms with van der Waals surface area (Å²) in [6.07, 6.45) is -4.44. The van der Waals surface area contributed by atoms with Crippen molar-refractivity contribution in [1.29, 1.82) is 0 Å². The quantitative estimate of drug-likeness (QED) is 0.514. The van der Waals surface area contributed by atoms with Gasteiger partial charge in [-0.15, -0.1) is 0 Å². The lowest BCUT2D eigenvalue weighted by Gasteiger charge is -2.10. The SMILES string of the molecule is CCc1nsc(Nc2c([N+](=O)[O-])cc(C(F)(F)F)cc2[N+](=O)[O-])c1Br. The zero-order valence-corrected chi connectivity index (χ0v) is 14.7. The third-order valence-electron chi connectivity index (χ3n) is 3.09. The van der Waals surface area contributed by atoms with Crippen molar-refractivity contribution in [3.63, 3.8) is 0 Å². The zero-order chi connectivity index (χ0) is 18.9. The van der Waals surface area contributed by atoms with Crippen LogP contribution in [0.2, 0.25) is 0 Å². The van der Waals surface area contributed by atoms with Crippen molar-refractivity contribution in [2.24, 2.45) is 0 Å². The first kappa shape index (κ1) is 19.1. The number of hydrogen-bond donors (Lipinski definition) is 1. The molecular formula is C12H8BrF3N4O4S. The highest BCUT2D eigenvalue weighted by molar-refractivity contribution is 9.10. The molecule has 1 aromatic carbocycles. The Labute approximate surface area is 150 Å². The molecule has 0 aliphatic rings. The highest BCUT2D eigenvalue weighted by Crippen LogP contribution is 2.44. The first-order valence-corrected chi connectivity index (χ1v) is 8.08. The molecule has 2 aromatic rings. The molecule has 1 heterocycles. The Hall–Kier alpha value is -2.28. The molecule has 0 fully saturated rings. The van der Waals surface area contributed by atoms with Gasteiger partial charge in [0.1, 0.15) is 5.00 Å². The molecule has 1 N–H and O–H groups in total. The summed E-state index contributed by atoms with van der Waals surface area (Å²) in [5.41, 5.74) is -3.63. The van der Waals surface area contributed by atoms with Crippen molar-refractivity contribution in [2.75, 3.05) is 5.32 Å². The number of hydrogen-bond acceptors (Lipinski definition) is 7. The van der Waals surface area contributed by atoms with E-state index in [1.165, 1.54) is 0 Å². The van der Waals surface area contributed by atoms with Crippen LogP contribution in [0.1, 0.15) is 18.2 Å². The molecule has 1 aromatic heterocycles. The van der Waals surface area contributed by atoms with Gasteiger partial charge in [0.25, 0.3) is 11.4 Å². The van der Waals surface area contributed by atoms with Crippen LogP contribution in [0, 0.1) is 20.2 Å². The van der Waals surface area contributed by atoms with E-state index in [9.17, 15) is 33.4 Å². The van der Waals surface area contributed by atoms with E-state index in [2.05, 4.69) is 25.6 Å². The molecule has 0 amide bonds. The van der Waals surface area contributed by atoms with Gasteiger partial charge in [-0.3, -0.25) is 20.2 Å². The molecule has 0 atom stereocenters. The molecule has 0 saturated carbocycles. The summed E-state index contributed by atoms with van der Waals surface area (Å²) in [5, 5.41) is 25.0. The van der Waals surface area contributed by atoms with Crippen molar-refractivity contribution in [2.45, 2.75) is 19.5 Å². The first-order chi connectivity index (χ1) is 11.6. The number of benzene rings is 1. The maximum absolute atomic E-state index is 12.9. The Kier molecular flexibility index (Phi) is 5.27. The maximum atomic E-state index is 12.9. The smallest absolute Gasteiger partial charge is 0.334 e. The lowest BCUT2D eigenvalue weighted by atomic mass is 10.1. The van der Waals surface area contributed by atoms with Crippen LogP contribution >= 0.6 is 27.5 Å². The number of halogens is 4. The molecule has 0 spiro atoms. The molecule has 0 aliphatic carbocycles. The number of alkyl halides is 3. The van der Waals surface area contributed by atoms with Crippen LogP contribution in [-0.2, 0) is 12.6 Å². The summed E-state index contributed by atoms with van der Waals surface area (Å²) in [6.45, 7) is 1.80. The van der Waals surface area contributed by atoms with Gasteiger partial charge < -0.3 is 5.32 Å². The largest absolute Gasteiger partial charge is 0.416 e. The fourth-order valence-electron chi connectivity index (χ4n) is 1.91. The molecule has 0 radical (unpaired) electrons. The lowest BCUT2D eigenvalue weighted by molar-refractivity contribution is -0.392. The predicted molar refractivity (Wildman–Crippen MR) is 87.2 cm³/mol. The Morgan fingerprint density at radius 3 is 2.12 bits per heavy atom. The number of rotatable bonds is 5. The standard InChI is InChI=1S/C12H8BrF3N4O4S/c1-2-6-9(13)11(25-18-6)17-10-7(19(21)22)3-5(12(14,15)16)4-8(10)20(23)24/h3-4,17H,2H2,1H3. The van der Waals surface area contributed by atoms with E-state index in [1.807, 2.05) is 0 Å². The highest BCUT2D eigenvalue weighted by atomic mass is 79.9. The van der Waals surface area contributed by atoms with E-state index >= 15 is 0 Å². The first-order valence-electron chi connectivity index (χ1n) is 6.51. The average Bonchev–Trinajstić information content (AvgIpc) is 2.86. The van der Waals surface area contributed by atoms with Gasteiger partial charge in [0, 0.05) is 12.1 Å². The highest BCUT2D eigenvalue weighted by Gasteiger charge is 2.38. The average molecular weight is 441 g/mol. The van der Waals surface area contributed by atoms with Crippen molar-refractivity contribution in [1.82, 2.24) is 4.37 Å². The Morgan fingerprint density at radius 1 is 1.24 bits per heavy atom. The van der Waals surface area contributed by atoms with E-state index in [0.29, 0.717) is 16.6 Å². The maximum Gasteiger partial charge on any atom is 0.416 e. The summed E-state index contributed by atoms with van der Waals surface area (Å²) >= 11 is 4.07. The Balaban J connectivity index is 2.67. The van der Waals surface area contributed by atoms with Gasteiger partial charge in [0.2, 0.25) is 0 Å². The number of nitrogens with one attached hydrogen (secondary N) is 1. The van der Waals surface area contributed by atoms with Crippen LogP contribution < -0.4 is 5.32 Å². The zero-order valence-electron chi connectivity index (χ0n) is 12.3. The second-order valence-corrected chi connectivity index (χ2v) is 6.22. The Morgan fingerprint density at radius 2 is 1.76 bits per heavy atom. The molecular weight excluding hydrogens is 433 g/mol. The fourth-order valence-corrected chi connectivity index (χ4v) is 3.48. The molecule has 2 rings (SSSR count). The molecule has 0 aliphatic heterocycles. The van der Waals surface area contributed by atoms with Gasteiger partial charge in [-0.05, 0) is 33.9 Å². The molecule has 134 valence electrons. The number of nitrogens with zero attached hydrogens (tertiary/aromatic N) is 3. The summed E-state index contributed by atoms with van der Waals surface area (Å²) < 4.78 is 43.1. The van der Waals surface area contributed by atoms with Crippen LogP contribution in [0.4, 0.5) is 35.2 Å². The molecule has 0 bridgehead atoms. The third-order valence-corrected chi connectivity index (χ3v) is 5.01. The van der Waals surface area contributed by atoms with Crippen molar-refractivity contribution in [3.05, 3.63) is 48.1 Å². The van der Waals surface area contributed by atoms with Crippen molar-refractivity contribution < 1.29 is 23.0 Å². The number of aromatic nitrogens is 1. The number of nitro benzene ring substituents is 2. The number of anilines is 2. The van der Waals surface area contributed by atoms with Gasteiger partial charge in [-0.2, -0.15) is 17.5 Å². The van der Waals surface area contributed by atoms with E-state index in [1.54, 1.807) is 6.92 Å². The van der Waals surface area contributed by atoms with Crippen LogP contribution in [-0.4, -0.2) is 14.2 Å². The van der Waals surface area contributed by atoms with E-state index < -0.39 is 38.6 Å². The van der Waals surface area contributed by atoms with Crippen LogP contribution in [0.3, 0.4) is 0 Å². The van der Waals surface area contributed by atoms with Crippen LogP contribution in [0.15, 0.2) is 16.6 Å². The number of nitro groups is 2. The fraction of sp³-hybridized carbons (Fsp3) is 0.250. The lowest BCUT2D eigenvalue weighted by Crippen LogP contribution is -2.09. The molecule has 13 heteroatoms. The Bertz CT molecular complexity index is 820. The second kappa shape index (κ2) is 6.92. The van der Waals surface area contributed by atoms with E-state index in [0.717, 1.165) is 11.5 Å². The molecule has 0 saturated heterocycles. The minimum Gasteiger partial charge on any atom is -0.334 e. The van der Waals surface area contributed by atoms with Gasteiger partial charge in [-0.1, -0.05) is 6.92 Å². The van der Waals surface area contributed by atoms with Gasteiger partial charge in [0.05, 0.1) is 25.6 Å². The summed E-state index contributed by atoms with van der Waals surface area (Å²) in [7, 11) is 0. The summed E-state index contributed by atoms with van der Waals surface area (Å²) in [5.74, 6) is 0. The molecule has 8 nitrogen and oxygen atoms in total. The summed E-state index contributed by atoms with van der Waals surface area (Å²) in [6, 6.07) is 0.510. The minimum absolute atomic E-state index is 0.211. The van der Waals surface area contributed by atoms with Crippen molar-refractivity contribution in [3.8, 4) is 0 Å². The topological polar surface area (TPSA) is 111 Å². The van der Waals surface area contributed by atoms with Crippen molar-refractivity contribution >= 4 is 49.5 Å². The van der Waals surface area contributed by atoms with Gasteiger partial charge >= 0.3 is 6.18 Å². The predicted octanol–water partition coefficient (Wildman–Crippen LogP) is 5.05. The van der Waals surface area contributed by atoms with Crippen LogP contribution in [0.5, 0.6) is 0 Å². The van der Waals surface area contributed by atoms with E-state index in [-0.39, 0.29) is 17.1 Å². The number of aryl methyl sites for hydroxylation is 1. The van der Waals surface area contributed by atoms with Gasteiger partial charge in [-0.25, -0.2) is 0 Å². The molecule has 0 unspecified atom stereocenters. The minimum atomic E-state index is -4.96. The summed E-state index contributed by atoms with van der Waals surface area (Å²) in [4.78, 5) is 20.1. The molecule has 25 heavy (non-hydrogen) atoms. The van der Waals surface area contributed by atoms with Crippen LogP contribution in [0.25, 0.3) is 0 Å². The second-order valence-electron chi connectivity index (χ2n) is 4.65. The monoisotopic (exact) mass is 440 g/mol. The van der Waals surface area contributed by atoms with E-state index in [4.69, 9.17) is 0 Å². The third kappa shape index (κ3) is 3.87.